The molecule has 37 heavy (non-hydrogen) atoms. The number of carbonyl (C=O) groups is 2. The fraction of sp³-hybridized carbons (Fsp3) is 0.357. The van der Waals surface area contributed by atoms with Gasteiger partial charge in [-0.2, -0.15) is 0 Å². The number of aryl methyl sites for hydroxylation is 1. The van der Waals surface area contributed by atoms with Crippen LogP contribution in [0.25, 0.3) is 16.5 Å². The van der Waals surface area contributed by atoms with Crippen LogP contribution in [0, 0.1) is 6.92 Å². The lowest BCUT2D eigenvalue weighted by atomic mass is 9.85. The van der Waals surface area contributed by atoms with Crippen molar-refractivity contribution in [2.45, 2.75) is 44.8 Å². The Balaban J connectivity index is 1.56. The predicted molar refractivity (Wildman–Crippen MR) is 141 cm³/mol. The molecule has 5 rings (SSSR count). The van der Waals surface area contributed by atoms with Crippen LogP contribution in [0.2, 0.25) is 0 Å². The first-order valence-corrected chi connectivity index (χ1v) is 12.3. The molecular formula is C28H30N4O5. The molecule has 1 fully saturated rings. The van der Waals surface area contributed by atoms with Gasteiger partial charge in [0.2, 0.25) is 0 Å². The Bertz CT molecular complexity index is 1520. The van der Waals surface area contributed by atoms with Gasteiger partial charge in [0, 0.05) is 31.8 Å². The monoisotopic (exact) mass is 502 g/mol. The van der Waals surface area contributed by atoms with Crippen LogP contribution in [0.15, 0.2) is 47.3 Å². The fourth-order valence-corrected chi connectivity index (χ4v) is 5.38. The lowest BCUT2D eigenvalue weighted by Crippen LogP contribution is -2.35. The van der Waals surface area contributed by atoms with E-state index in [1.165, 1.54) is 0 Å². The van der Waals surface area contributed by atoms with E-state index in [1.807, 2.05) is 32.1 Å². The summed E-state index contributed by atoms with van der Waals surface area (Å²) in [5, 5.41) is 13.4. The van der Waals surface area contributed by atoms with Crippen molar-refractivity contribution in [2.24, 2.45) is 7.05 Å². The number of amides is 1. The number of benzene rings is 2. The number of nitrogens with one attached hydrogen (secondary N) is 1. The highest BCUT2D eigenvalue weighted by Gasteiger charge is 2.44. The third kappa shape index (κ3) is 4.34. The maximum atomic E-state index is 13.5. The SMILES string of the molecule is Cc1cc([C@@H](C)Nc2ccccc2C(=O)O)c2nc(C3=CCC4(CC3)CN(C)C(=O)O4)n(C)c(=O)c2c1. The molecule has 9 heteroatoms. The number of aromatic carboxylic acids is 1. The molecule has 1 saturated heterocycles. The lowest BCUT2D eigenvalue weighted by molar-refractivity contribution is 0.0505. The summed E-state index contributed by atoms with van der Waals surface area (Å²) in [4.78, 5) is 43.7. The molecule has 1 amide bonds. The highest BCUT2D eigenvalue weighted by Crippen LogP contribution is 2.39. The fourth-order valence-electron chi connectivity index (χ4n) is 5.38. The second-order valence-electron chi connectivity index (χ2n) is 10.1. The van der Waals surface area contributed by atoms with Crippen molar-refractivity contribution in [2.75, 3.05) is 18.9 Å². The van der Waals surface area contributed by atoms with E-state index in [2.05, 4.69) is 5.32 Å². The number of carbonyl (C=O) groups excluding carboxylic acids is 1. The zero-order chi connectivity index (χ0) is 26.5. The molecule has 2 atom stereocenters. The van der Waals surface area contributed by atoms with E-state index in [1.54, 1.807) is 47.8 Å². The number of likely N-dealkylation sites (N-methyl/N-ethyl adjacent to an activating group) is 1. The number of allylic oxidation sites excluding steroid dienone is 1. The van der Waals surface area contributed by atoms with Gasteiger partial charge in [0.05, 0.1) is 29.1 Å². The summed E-state index contributed by atoms with van der Waals surface area (Å²) >= 11 is 0. The summed E-state index contributed by atoms with van der Waals surface area (Å²) in [5.41, 5.74) is 3.27. The van der Waals surface area contributed by atoms with Crippen LogP contribution >= 0.6 is 0 Å². The smallest absolute Gasteiger partial charge is 0.410 e. The summed E-state index contributed by atoms with van der Waals surface area (Å²) in [5.74, 6) is -0.423. The molecule has 2 N–H and O–H groups in total. The van der Waals surface area contributed by atoms with E-state index < -0.39 is 11.6 Å². The summed E-state index contributed by atoms with van der Waals surface area (Å²) in [6.45, 7) is 4.40. The predicted octanol–water partition coefficient (Wildman–Crippen LogP) is 4.50. The van der Waals surface area contributed by atoms with Gasteiger partial charge in [0.15, 0.2) is 0 Å². The van der Waals surface area contributed by atoms with Gasteiger partial charge >= 0.3 is 12.1 Å². The summed E-state index contributed by atoms with van der Waals surface area (Å²) in [7, 11) is 3.46. The first-order valence-electron chi connectivity index (χ1n) is 12.3. The number of carboxylic acids is 1. The van der Waals surface area contributed by atoms with Crippen molar-refractivity contribution in [3.63, 3.8) is 0 Å². The average molecular weight is 503 g/mol. The van der Waals surface area contributed by atoms with Gasteiger partial charge in [0.25, 0.3) is 5.56 Å². The zero-order valence-corrected chi connectivity index (χ0v) is 21.4. The minimum absolute atomic E-state index is 0.142. The van der Waals surface area contributed by atoms with E-state index in [0.29, 0.717) is 48.2 Å². The van der Waals surface area contributed by atoms with Crippen molar-refractivity contribution >= 4 is 34.2 Å². The number of fused-ring (bicyclic) bond motifs is 1. The van der Waals surface area contributed by atoms with Crippen LogP contribution in [0.1, 0.15) is 59.5 Å². The van der Waals surface area contributed by atoms with Crippen LogP contribution in [-0.4, -0.2) is 50.8 Å². The van der Waals surface area contributed by atoms with Crippen molar-refractivity contribution in [1.82, 2.24) is 14.5 Å². The van der Waals surface area contributed by atoms with Crippen LogP contribution in [0.3, 0.4) is 0 Å². The molecule has 9 nitrogen and oxygen atoms in total. The second kappa shape index (κ2) is 9.06. The molecule has 0 saturated carbocycles. The molecule has 2 aliphatic rings. The van der Waals surface area contributed by atoms with Crippen molar-refractivity contribution in [1.29, 1.82) is 0 Å². The molecule has 1 aliphatic heterocycles. The maximum Gasteiger partial charge on any atom is 0.410 e. The second-order valence-corrected chi connectivity index (χ2v) is 10.1. The molecule has 1 unspecified atom stereocenters. The van der Waals surface area contributed by atoms with Crippen LogP contribution in [0.4, 0.5) is 10.5 Å². The van der Waals surface area contributed by atoms with Crippen LogP contribution in [-0.2, 0) is 11.8 Å². The number of nitrogens with zero attached hydrogens (tertiary/aromatic N) is 3. The zero-order valence-electron chi connectivity index (χ0n) is 21.4. The van der Waals surface area contributed by atoms with Gasteiger partial charge in [-0.1, -0.05) is 24.3 Å². The summed E-state index contributed by atoms with van der Waals surface area (Å²) < 4.78 is 7.24. The Hall–Kier alpha value is -4.14. The number of aromatic nitrogens is 2. The molecule has 1 spiro atoms. The number of anilines is 1. The Kier molecular flexibility index (Phi) is 6.01. The molecule has 192 valence electrons. The Morgan fingerprint density at radius 1 is 1.22 bits per heavy atom. The van der Waals surface area contributed by atoms with Crippen LogP contribution < -0.4 is 10.9 Å². The number of para-hydroxylation sites is 1. The van der Waals surface area contributed by atoms with Gasteiger partial charge < -0.3 is 20.1 Å². The third-order valence-corrected chi connectivity index (χ3v) is 7.35. The molecule has 0 bridgehead atoms. The van der Waals surface area contributed by atoms with Gasteiger partial charge in [-0.3, -0.25) is 9.36 Å². The number of carboxylic acid groups (broad SMARTS) is 1. The highest BCUT2D eigenvalue weighted by molar-refractivity contribution is 5.94. The number of rotatable bonds is 5. The largest absolute Gasteiger partial charge is 0.478 e. The normalized spacial score (nSPS) is 20.2. The first-order chi connectivity index (χ1) is 17.6. The molecular weight excluding hydrogens is 472 g/mol. The Morgan fingerprint density at radius 3 is 2.62 bits per heavy atom. The minimum Gasteiger partial charge on any atom is -0.478 e. The molecule has 2 aromatic carbocycles. The van der Waals surface area contributed by atoms with E-state index >= 15 is 0 Å². The lowest BCUT2D eigenvalue weighted by Gasteiger charge is -2.30. The number of hydrogen-bond acceptors (Lipinski definition) is 6. The van der Waals surface area contributed by atoms with E-state index in [9.17, 15) is 19.5 Å². The van der Waals surface area contributed by atoms with Crippen molar-refractivity contribution < 1.29 is 19.4 Å². The Labute approximate surface area is 214 Å². The van der Waals surface area contributed by atoms with E-state index in [0.717, 1.165) is 16.7 Å². The minimum atomic E-state index is -1.01. The first kappa shape index (κ1) is 24.5. The molecule has 1 aliphatic carbocycles. The van der Waals surface area contributed by atoms with Crippen LogP contribution in [0.5, 0.6) is 0 Å². The quantitative estimate of drug-likeness (QED) is 0.528. The third-order valence-electron chi connectivity index (χ3n) is 7.35. The highest BCUT2D eigenvalue weighted by atomic mass is 16.6. The maximum absolute atomic E-state index is 13.5. The molecule has 3 aromatic rings. The standard InChI is InChI=1S/C28H30N4O5/c1-16-13-20(17(2)29-22-8-6-5-7-19(22)26(34)35)23-21(14-16)25(33)32(4)24(30-23)18-9-11-28(12-10-18)15-31(3)27(36)37-28/h5-9,13-14,17,29H,10-12,15H2,1-4H3,(H,34,35)/t17-,28?/m1/s1. The van der Waals surface area contributed by atoms with E-state index in [4.69, 9.17) is 9.72 Å². The number of hydrogen-bond donors (Lipinski definition) is 2. The molecule has 1 aromatic heterocycles. The van der Waals surface area contributed by atoms with E-state index in [-0.39, 0.29) is 23.3 Å². The van der Waals surface area contributed by atoms with Crippen molar-refractivity contribution in [3.8, 4) is 0 Å². The van der Waals surface area contributed by atoms with Gasteiger partial charge in [-0.25, -0.2) is 14.6 Å². The summed E-state index contributed by atoms with van der Waals surface area (Å²) in [6.07, 6.45) is 3.58. The van der Waals surface area contributed by atoms with Gasteiger partial charge in [0.1, 0.15) is 11.4 Å². The molecule has 0 radical (unpaired) electrons. The van der Waals surface area contributed by atoms with Gasteiger partial charge in [-0.15, -0.1) is 0 Å². The topological polar surface area (TPSA) is 114 Å². The Morgan fingerprint density at radius 2 is 1.97 bits per heavy atom. The summed E-state index contributed by atoms with van der Waals surface area (Å²) in [6, 6.07) is 10.3. The van der Waals surface area contributed by atoms with Gasteiger partial charge in [-0.05, 0) is 56.0 Å². The average Bonchev–Trinajstić information content (AvgIpc) is 3.14. The molecule has 2 heterocycles. The van der Waals surface area contributed by atoms with Crippen molar-refractivity contribution in [3.05, 3.63) is 75.3 Å². The number of ether oxygens (including phenoxy) is 1.